The summed E-state index contributed by atoms with van der Waals surface area (Å²) in [5.74, 6) is 0.482. The lowest BCUT2D eigenvalue weighted by molar-refractivity contribution is 0.0946. The Morgan fingerprint density at radius 2 is 2.15 bits per heavy atom. The highest BCUT2D eigenvalue weighted by Gasteiger charge is 2.15. The molecule has 2 rings (SSSR count). The minimum Gasteiger partial charge on any atom is -0.398 e. The van der Waals surface area contributed by atoms with Crippen molar-refractivity contribution in [1.29, 1.82) is 0 Å². The van der Waals surface area contributed by atoms with E-state index < -0.39 is 0 Å². The molecule has 1 atom stereocenters. The van der Waals surface area contributed by atoms with Gasteiger partial charge in [-0.2, -0.15) is 0 Å². The molecule has 112 valence electrons. The Morgan fingerprint density at radius 1 is 1.45 bits per heavy atom. The highest BCUT2D eigenvalue weighted by Crippen LogP contribution is 2.23. The highest BCUT2D eigenvalue weighted by atomic mass is 32.1. The van der Waals surface area contributed by atoms with Crippen LogP contribution >= 0.6 is 11.3 Å². The van der Waals surface area contributed by atoms with E-state index in [1.807, 2.05) is 6.92 Å². The molecule has 0 saturated carbocycles. The average molecular weight is 295 g/mol. The fourth-order valence-electron chi connectivity index (χ4n) is 2.61. The Bertz CT molecular complexity index is 432. The van der Waals surface area contributed by atoms with E-state index in [1.54, 1.807) is 6.07 Å². The number of carbonyl (C=O) groups excluding carboxylic acids is 1. The van der Waals surface area contributed by atoms with Gasteiger partial charge in [0.2, 0.25) is 0 Å². The summed E-state index contributed by atoms with van der Waals surface area (Å²) in [4.78, 5) is 16.3. The molecule has 1 aliphatic heterocycles. The average Bonchev–Trinajstić information content (AvgIpc) is 2.77. The van der Waals surface area contributed by atoms with E-state index in [0.29, 0.717) is 16.5 Å². The summed E-state index contributed by atoms with van der Waals surface area (Å²) in [6, 6.07) is 1.77. The Labute approximate surface area is 125 Å². The maximum atomic E-state index is 12.0. The van der Waals surface area contributed by atoms with Gasteiger partial charge in [0.05, 0.1) is 4.88 Å². The van der Waals surface area contributed by atoms with Crippen molar-refractivity contribution in [2.45, 2.75) is 33.1 Å². The number of nitrogens with two attached hydrogens (primary N) is 1. The van der Waals surface area contributed by atoms with Gasteiger partial charge in [0.1, 0.15) is 0 Å². The molecule has 20 heavy (non-hydrogen) atoms. The second-order valence-corrected chi connectivity index (χ2v) is 7.05. The zero-order chi connectivity index (χ0) is 14.5. The third kappa shape index (κ3) is 4.21. The molecular formula is C15H25N3OS. The molecular weight excluding hydrogens is 270 g/mol. The quantitative estimate of drug-likeness (QED) is 0.877. The zero-order valence-corrected chi connectivity index (χ0v) is 13.3. The largest absolute Gasteiger partial charge is 0.398 e. The molecule has 4 nitrogen and oxygen atoms in total. The molecule has 1 fully saturated rings. The smallest absolute Gasteiger partial charge is 0.261 e. The summed E-state index contributed by atoms with van der Waals surface area (Å²) in [6.07, 6.45) is 3.99. The number of likely N-dealkylation sites (tertiary alicyclic amines) is 1. The number of piperidine rings is 1. The molecule has 1 aromatic rings. The molecule has 0 bridgehead atoms. The summed E-state index contributed by atoms with van der Waals surface area (Å²) in [7, 11) is 0. The predicted molar refractivity (Wildman–Crippen MR) is 85.3 cm³/mol. The Morgan fingerprint density at radius 3 is 2.75 bits per heavy atom. The van der Waals surface area contributed by atoms with Crippen molar-refractivity contribution in [1.82, 2.24) is 10.2 Å². The van der Waals surface area contributed by atoms with Crippen LogP contribution in [0.4, 0.5) is 5.69 Å². The normalized spacial score (nSPS) is 17.9. The van der Waals surface area contributed by atoms with Gasteiger partial charge in [0.25, 0.3) is 5.91 Å². The number of aryl methyl sites for hydroxylation is 1. The Hall–Kier alpha value is -1.07. The maximum absolute atomic E-state index is 12.0. The van der Waals surface area contributed by atoms with E-state index in [4.69, 9.17) is 5.73 Å². The number of nitrogens with zero attached hydrogens (tertiary/aromatic N) is 1. The molecule has 0 radical (unpaired) electrons. The fraction of sp³-hybridized carbons (Fsp3) is 0.667. The highest BCUT2D eigenvalue weighted by molar-refractivity contribution is 7.14. The molecule has 0 spiro atoms. The summed E-state index contributed by atoms with van der Waals surface area (Å²) in [6.45, 7) is 8.36. The molecule has 3 N–H and O–H groups in total. The van der Waals surface area contributed by atoms with Crippen molar-refractivity contribution in [2.75, 3.05) is 31.9 Å². The van der Waals surface area contributed by atoms with Crippen LogP contribution in [0, 0.1) is 12.8 Å². The first-order valence-corrected chi connectivity index (χ1v) is 8.24. The topological polar surface area (TPSA) is 58.4 Å². The molecule has 1 saturated heterocycles. The summed E-state index contributed by atoms with van der Waals surface area (Å²) in [5, 5.41) is 3.02. The summed E-state index contributed by atoms with van der Waals surface area (Å²) in [5.41, 5.74) is 6.49. The molecule has 2 heterocycles. The Balaban J connectivity index is 1.74. The number of thiophene rings is 1. The first-order chi connectivity index (χ1) is 9.56. The van der Waals surface area contributed by atoms with Crippen molar-refractivity contribution in [3.8, 4) is 0 Å². The van der Waals surface area contributed by atoms with Gasteiger partial charge in [0.15, 0.2) is 0 Å². The lowest BCUT2D eigenvalue weighted by Gasteiger charge is -2.29. The fourth-order valence-corrected chi connectivity index (χ4v) is 3.47. The van der Waals surface area contributed by atoms with Crippen LogP contribution in [-0.2, 0) is 0 Å². The van der Waals surface area contributed by atoms with Crippen molar-refractivity contribution in [3.05, 3.63) is 15.8 Å². The molecule has 0 aliphatic carbocycles. The van der Waals surface area contributed by atoms with Crippen LogP contribution in [0.15, 0.2) is 6.07 Å². The summed E-state index contributed by atoms with van der Waals surface area (Å²) < 4.78 is 0. The molecule has 5 heteroatoms. The maximum Gasteiger partial charge on any atom is 0.261 e. The second-order valence-electron chi connectivity index (χ2n) is 5.80. The zero-order valence-electron chi connectivity index (χ0n) is 12.4. The minimum atomic E-state index is 0.000272. The van der Waals surface area contributed by atoms with Crippen LogP contribution in [0.1, 0.15) is 40.7 Å². The predicted octanol–water partition coefficient (Wildman–Crippen LogP) is 2.49. The van der Waals surface area contributed by atoms with E-state index in [1.165, 1.54) is 43.7 Å². The standard InChI is InChI=1S/C15H25N3OS/c1-11(10-18-6-4-3-5-7-18)9-17-15(19)14-8-13(16)12(2)20-14/h8,11H,3-7,9-10,16H2,1-2H3,(H,17,19). The second kappa shape index (κ2) is 7.09. The number of carbonyl (C=O) groups is 1. The molecule has 0 aromatic carbocycles. The van der Waals surface area contributed by atoms with Crippen LogP contribution in [-0.4, -0.2) is 37.0 Å². The molecule has 1 amide bonds. The molecule has 1 aliphatic rings. The Kier molecular flexibility index (Phi) is 5.43. The number of hydrogen-bond acceptors (Lipinski definition) is 4. The number of amides is 1. The third-order valence-electron chi connectivity index (χ3n) is 3.81. The number of anilines is 1. The van der Waals surface area contributed by atoms with Gasteiger partial charge in [-0.25, -0.2) is 0 Å². The SMILES string of the molecule is Cc1sc(C(=O)NCC(C)CN2CCCCC2)cc1N. The van der Waals surface area contributed by atoms with Crippen LogP contribution < -0.4 is 11.1 Å². The van der Waals surface area contributed by atoms with Gasteiger partial charge in [-0.3, -0.25) is 4.79 Å². The van der Waals surface area contributed by atoms with Gasteiger partial charge in [-0.1, -0.05) is 13.3 Å². The number of hydrogen-bond donors (Lipinski definition) is 2. The molecule has 1 unspecified atom stereocenters. The van der Waals surface area contributed by atoms with Crippen molar-refractivity contribution in [3.63, 3.8) is 0 Å². The van der Waals surface area contributed by atoms with Crippen LogP contribution in [0.2, 0.25) is 0 Å². The van der Waals surface area contributed by atoms with Gasteiger partial charge >= 0.3 is 0 Å². The van der Waals surface area contributed by atoms with Gasteiger partial charge in [-0.15, -0.1) is 11.3 Å². The van der Waals surface area contributed by atoms with Gasteiger partial charge in [0, 0.05) is 23.7 Å². The van der Waals surface area contributed by atoms with Crippen molar-refractivity contribution >= 4 is 22.9 Å². The number of nitrogen functional groups attached to an aromatic ring is 1. The number of nitrogens with one attached hydrogen (secondary N) is 1. The lowest BCUT2D eigenvalue weighted by Crippen LogP contribution is -2.37. The first kappa shape index (κ1) is 15.3. The van der Waals surface area contributed by atoms with Crippen LogP contribution in [0.3, 0.4) is 0 Å². The minimum absolute atomic E-state index is 0.000272. The van der Waals surface area contributed by atoms with E-state index in [9.17, 15) is 4.79 Å². The first-order valence-electron chi connectivity index (χ1n) is 7.42. The van der Waals surface area contributed by atoms with Crippen LogP contribution in [0.25, 0.3) is 0 Å². The lowest BCUT2D eigenvalue weighted by atomic mass is 10.1. The van der Waals surface area contributed by atoms with E-state index in [0.717, 1.165) is 18.0 Å². The van der Waals surface area contributed by atoms with Gasteiger partial charge < -0.3 is 16.0 Å². The number of rotatable bonds is 5. The van der Waals surface area contributed by atoms with E-state index >= 15 is 0 Å². The monoisotopic (exact) mass is 295 g/mol. The van der Waals surface area contributed by atoms with Crippen molar-refractivity contribution in [2.24, 2.45) is 5.92 Å². The van der Waals surface area contributed by atoms with Crippen molar-refractivity contribution < 1.29 is 4.79 Å². The molecule has 1 aromatic heterocycles. The third-order valence-corrected chi connectivity index (χ3v) is 4.87. The van der Waals surface area contributed by atoms with E-state index in [-0.39, 0.29) is 5.91 Å². The summed E-state index contributed by atoms with van der Waals surface area (Å²) >= 11 is 1.46. The van der Waals surface area contributed by atoms with E-state index in [2.05, 4.69) is 17.1 Å². The van der Waals surface area contributed by atoms with Gasteiger partial charge in [-0.05, 0) is 44.8 Å². The van der Waals surface area contributed by atoms with Crippen LogP contribution in [0.5, 0.6) is 0 Å².